The van der Waals surface area contributed by atoms with Gasteiger partial charge in [0, 0.05) is 19.0 Å². The zero-order valence-corrected chi connectivity index (χ0v) is 9.82. The standard InChI is InChI=1S/C11H23N3O/c1-9-4-3-5-10(8-9)14(2)7-6-11(12)13-15/h9-10,15H,3-8H2,1-2H3,(H2,12,13). The van der Waals surface area contributed by atoms with Crippen LogP contribution in [-0.2, 0) is 0 Å². The van der Waals surface area contributed by atoms with Gasteiger partial charge in [0.05, 0.1) is 0 Å². The molecule has 1 rings (SSSR count). The Kier molecular flexibility index (Phi) is 4.88. The number of oxime groups is 1. The fraction of sp³-hybridized carbons (Fsp3) is 0.909. The van der Waals surface area contributed by atoms with Gasteiger partial charge in [0.1, 0.15) is 5.84 Å². The van der Waals surface area contributed by atoms with Gasteiger partial charge in [-0.2, -0.15) is 0 Å². The van der Waals surface area contributed by atoms with Crippen molar-refractivity contribution >= 4 is 5.84 Å². The third-order valence-electron chi connectivity index (χ3n) is 3.38. The molecular weight excluding hydrogens is 190 g/mol. The van der Waals surface area contributed by atoms with Crippen LogP contribution < -0.4 is 5.73 Å². The maximum Gasteiger partial charge on any atom is 0.140 e. The second kappa shape index (κ2) is 5.95. The Morgan fingerprint density at radius 1 is 1.53 bits per heavy atom. The predicted octanol–water partition coefficient (Wildman–Crippen LogP) is 1.63. The van der Waals surface area contributed by atoms with Crippen LogP contribution in [0, 0.1) is 5.92 Å². The SMILES string of the molecule is CC1CCCC(N(C)CCC(N)=NO)C1. The second-order valence-corrected chi connectivity index (χ2v) is 4.75. The predicted molar refractivity (Wildman–Crippen MR) is 62.1 cm³/mol. The van der Waals surface area contributed by atoms with Gasteiger partial charge >= 0.3 is 0 Å². The molecule has 4 nitrogen and oxygen atoms in total. The zero-order chi connectivity index (χ0) is 11.3. The summed E-state index contributed by atoms with van der Waals surface area (Å²) in [7, 11) is 2.13. The van der Waals surface area contributed by atoms with Gasteiger partial charge in [-0.25, -0.2) is 0 Å². The van der Waals surface area contributed by atoms with E-state index in [0.29, 0.717) is 18.3 Å². The molecule has 0 bridgehead atoms. The molecule has 0 radical (unpaired) electrons. The molecule has 0 aliphatic heterocycles. The molecule has 0 aromatic heterocycles. The molecule has 1 fully saturated rings. The highest BCUT2D eigenvalue weighted by atomic mass is 16.4. The van der Waals surface area contributed by atoms with Gasteiger partial charge in [0.2, 0.25) is 0 Å². The zero-order valence-electron chi connectivity index (χ0n) is 9.82. The van der Waals surface area contributed by atoms with E-state index < -0.39 is 0 Å². The van der Waals surface area contributed by atoms with Crippen molar-refractivity contribution in [1.29, 1.82) is 0 Å². The van der Waals surface area contributed by atoms with Crippen LogP contribution in [0.5, 0.6) is 0 Å². The van der Waals surface area contributed by atoms with Crippen molar-refractivity contribution < 1.29 is 5.21 Å². The lowest BCUT2D eigenvalue weighted by Crippen LogP contribution is -2.37. The second-order valence-electron chi connectivity index (χ2n) is 4.75. The summed E-state index contributed by atoms with van der Waals surface area (Å²) in [6, 6.07) is 0.681. The van der Waals surface area contributed by atoms with E-state index in [9.17, 15) is 0 Å². The molecule has 3 N–H and O–H groups in total. The van der Waals surface area contributed by atoms with Crippen molar-refractivity contribution in [1.82, 2.24) is 4.90 Å². The highest BCUT2D eigenvalue weighted by Crippen LogP contribution is 2.26. The fourth-order valence-corrected chi connectivity index (χ4v) is 2.33. The minimum absolute atomic E-state index is 0.325. The summed E-state index contributed by atoms with van der Waals surface area (Å²) >= 11 is 0. The Bertz CT molecular complexity index is 218. The van der Waals surface area contributed by atoms with Crippen LogP contribution in [0.1, 0.15) is 39.0 Å². The third-order valence-corrected chi connectivity index (χ3v) is 3.38. The van der Waals surface area contributed by atoms with Crippen molar-refractivity contribution in [2.24, 2.45) is 16.8 Å². The summed E-state index contributed by atoms with van der Waals surface area (Å²) in [4.78, 5) is 2.34. The van der Waals surface area contributed by atoms with Crippen molar-refractivity contribution in [3.8, 4) is 0 Å². The number of amidine groups is 1. The van der Waals surface area contributed by atoms with Crippen LogP contribution in [-0.4, -0.2) is 35.6 Å². The molecule has 0 aromatic carbocycles. The molecule has 15 heavy (non-hydrogen) atoms. The molecule has 1 saturated carbocycles. The first-order valence-electron chi connectivity index (χ1n) is 5.80. The van der Waals surface area contributed by atoms with Gasteiger partial charge in [-0.05, 0) is 25.8 Å². The molecule has 0 amide bonds. The average molecular weight is 213 g/mol. The summed E-state index contributed by atoms with van der Waals surface area (Å²) in [5, 5.41) is 11.4. The summed E-state index contributed by atoms with van der Waals surface area (Å²) in [6.07, 6.45) is 5.92. The lowest BCUT2D eigenvalue weighted by Gasteiger charge is -2.34. The first kappa shape index (κ1) is 12.3. The van der Waals surface area contributed by atoms with E-state index in [1.54, 1.807) is 0 Å². The van der Waals surface area contributed by atoms with Crippen LogP contribution >= 0.6 is 0 Å². The molecule has 0 spiro atoms. The van der Waals surface area contributed by atoms with Gasteiger partial charge in [0.25, 0.3) is 0 Å². The molecule has 0 saturated heterocycles. The largest absolute Gasteiger partial charge is 0.409 e. The lowest BCUT2D eigenvalue weighted by molar-refractivity contribution is 0.167. The Balaban J connectivity index is 2.29. The van der Waals surface area contributed by atoms with Crippen LogP contribution in [0.4, 0.5) is 0 Å². The van der Waals surface area contributed by atoms with Crippen LogP contribution in [0.2, 0.25) is 0 Å². The van der Waals surface area contributed by atoms with Crippen LogP contribution in [0.3, 0.4) is 0 Å². The Morgan fingerprint density at radius 3 is 2.87 bits per heavy atom. The van der Waals surface area contributed by atoms with Crippen molar-refractivity contribution in [3.63, 3.8) is 0 Å². The topological polar surface area (TPSA) is 61.8 Å². The fourth-order valence-electron chi connectivity index (χ4n) is 2.33. The molecule has 0 aromatic rings. The number of nitrogens with two attached hydrogens (primary N) is 1. The summed E-state index contributed by atoms with van der Waals surface area (Å²) in [6.45, 7) is 3.21. The van der Waals surface area contributed by atoms with E-state index in [1.807, 2.05) is 0 Å². The van der Waals surface area contributed by atoms with Crippen molar-refractivity contribution in [3.05, 3.63) is 0 Å². The molecule has 0 heterocycles. The lowest BCUT2D eigenvalue weighted by atomic mass is 9.86. The van der Waals surface area contributed by atoms with Gasteiger partial charge in [-0.1, -0.05) is 24.9 Å². The summed E-state index contributed by atoms with van der Waals surface area (Å²) in [5.74, 6) is 1.17. The molecule has 2 atom stereocenters. The molecule has 4 heteroatoms. The first-order chi connectivity index (χ1) is 7.13. The monoisotopic (exact) mass is 213 g/mol. The van der Waals surface area contributed by atoms with E-state index in [4.69, 9.17) is 10.9 Å². The Labute approximate surface area is 92.1 Å². The molecule has 1 aliphatic rings. The minimum Gasteiger partial charge on any atom is -0.409 e. The number of nitrogens with zero attached hydrogens (tertiary/aromatic N) is 2. The van der Waals surface area contributed by atoms with E-state index in [0.717, 1.165) is 12.5 Å². The smallest absolute Gasteiger partial charge is 0.140 e. The Hall–Kier alpha value is -0.770. The van der Waals surface area contributed by atoms with Gasteiger partial charge < -0.3 is 15.8 Å². The maximum absolute atomic E-state index is 8.44. The highest BCUT2D eigenvalue weighted by molar-refractivity contribution is 5.79. The van der Waals surface area contributed by atoms with E-state index >= 15 is 0 Å². The summed E-state index contributed by atoms with van der Waals surface area (Å²) < 4.78 is 0. The average Bonchev–Trinajstić information content (AvgIpc) is 2.25. The van der Waals surface area contributed by atoms with E-state index in [-0.39, 0.29) is 0 Å². The number of rotatable bonds is 4. The van der Waals surface area contributed by atoms with Crippen molar-refractivity contribution in [2.45, 2.75) is 45.1 Å². The van der Waals surface area contributed by atoms with E-state index in [1.165, 1.54) is 25.7 Å². The summed E-state index contributed by atoms with van der Waals surface area (Å²) in [5.41, 5.74) is 5.45. The van der Waals surface area contributed by atoms with Crippen LogP contribution in [0.15, 0.2) is 5.16 Å². The molecule has 88 valence electrons. The quantitative estimate of drug-likeness (QED) is 0.323. The van der Waals surface area contributed by atoms with Gasteiger partial charge in [0.15, 0.2) is 0 Å². The number of hydrogen-bond donors (Lipinski definition) is 2. The van der Waals surface area contributed by atoms with Crippen LogP contribution in [0.25, 0.3) is 0 Å². The normalized spacial score (nSPS) is 28.3. The molecule has 2 unspecified atom stereocenters. The number of hydrogen-bond acceptors (Lipinski definition) is 3. The molecular formula is C11H23N3O. The maximum atomic E-state index is 8.44. The first-order valence-corrected chi connectivity index (χ1v) is 5.80. The highest BCUT2D eigenvalue weighted by Gasteiger charge is 2.21. The minimum atomic E-state index is 0.325. The Morgan fingerprint density at radius 2 is 2.27 bits per heavy atom. The third kappa shape index (κ3) is 4.08. The van der Waals surface area contributed by atoms with Gasteiger partial charge in [-0.15, -0.1) is 0 Å². The van der Waals surface area contributed by atoms with Crippen molar-refractivity contribution in [2.75, 3.05) is 13.6 Å². The van der Waals surface area contributed by atoms with Gasteiger partial charge in [-0.3, -0.25) is 0 Å². The van der Waals surface area contributed by atoms with E-state index in [2.05, 4.69) is 24.0 Å². The molecule has 1 aliphatic carbocycles.